The fraction of sp³-hybridized carbons (Fsp3) is 0.0385. The number of nitrogens with zero attached hydrogens (tertiary/aromatic N) is 3. The molecule has 0 unspecified atom stereocenters. The molecule has 7 heteroatoms. The van der Waals surface area contributed by atoms with Crippen molar-refractivity contribution in [2.24, 2.45) is 0 Å². The first-order valence-electron chi connectivity index (χ1n) is 10.3. The van der Waals surface area contributed by atoms with Crippen LogP contribution in [0.4, 0.5) is 5.69 Å². The molecule has 0 aliphatic rings. The van der Waals surface area contributed by atoms with E-state index in [1.54, 1.807) is 36.5 Å². The van der Waals surface area contributed by atoms with Gasteiger partial charge in [-0.05, 0) is 42.8 Å². The van der Waals surface area contributed by atoms with Gasteiger partial charge in [0.25, 0.3) is 0 Å². The lowest BCUT2D eigenvalue weighted by Crippen LogP contribution is -2.13. The van der Waals surface area contributed by atoms with Gasteiger partial charge in [-0.2, -0.15) is 9.78 Å². The first-order valence-corrected chi connectivity index (χ1v) is 11.1. The summed E-state index contributed by atoms with van der Waals surface area (Å²) >= 11 is 1.34. The van der Waals surface area contributed by atoms with Gasteiger partial charge in [-0.15, -0.1) is 17.0 Å². The van der Waals surface area contributed by atoms with E-state index in [4.69, 9.17) is 10.5 Å². The molecule has 6 nitrogen and oxygen atoms in total. The molecule has 0 spiro atoms. The average Bonchev–Trinajstić information content (AvgIpc) is 3.41. The van der Waals surface area contributed by atoms with Gasteiger partial charge in [0.15, 0.2) is 5.01 Å². The van der Waals surface area contributed by atoms with Crippen molar-refractivity contribution in [3.05, 3.63) is 106 Å². The minimum absolute atomic E-state index is 0.289. The molecule has 0 saturated carbocycles. The second kappa shape index (κ2) is 8.72. The maximum Gasteiger partial charge on any atom is 0.307 e. The van der Waals surface area contributed by atoms with E-state index in [9.17, 15) is 4.79 Å². The van der Waals surface area contributed by atoms with E-state index >= 15 is 0 Å². The Bertz CT molecular complexity index is 1490. The normalized spacial score (nSPS) is 11.3. The Morgan fingerprint density at radius 1 is 1.00 bits per heavy atom. The molecule has 0 aliphatic carbocycles. The summed E-state index contributed by atoms with van der Waals surface area (Å²) in [6.45, 7) is 1.91. The molecule has 33 heavy (non-hydrogen) atoms. The summed E-state index contributed by atoms with van der Waals surface area (Å²) in [4.78, 5) is 18.4. The highest BCUT2D eigenvalue weighted by Crippen LogP contribution is 2.30. The highest BCUT2D eigenvalue weighted by molar-refractivity contribution is 7.13. The third kappa shape index (κ3) is 4.40. The Morgan fingerprint density at radius 3 is 2.58 bits per heavy atom. The Hall–Kier alpha value is -4.23. The molecule has 2 aromatic heterocycles. The summed E-state index contributed by atoms with van der Waals surface area (Å²) in [7, 11) is 0. The number of benzene rings is 3. The summed E-state index contributed by atoms with van der Waals surface area (Å²) in [5, 5.41) is 5.82. The fourth-order valence-electron chi connectivity index (χ4n) is 3.44. The summed E-state index contributed by atoms with van der Waals surface area (Å²) in [5.41, 5.74) is 10.5. The van der Waals surface area contributed by atoms with Crippen LogP contribution in [0.25, 0.3) is 28.8 Å². The maximum atomic E-state index is 13.2. The maximum absolute atomic E-state index is 13.2. The number of carbonyl (C=O) groups is 1. The van der Waals surface area contributed by atoms with Crippen molar-refractivity contribution in [2.75, 3.05) is 0 Å². The van der Waals surface area contributed by atoms with E-state index in [-0.39, 0.29) is 5.91 Å². The summed E-state index contributed by atoms with van der Waals surface area (Å²) in [6.07, 6.45) is 5.55. The molecular formula is C26H19N4O2S-. The largest absolute Gasteiger partial charge is 0.699 e. The van der Waals surface area contributed by atoms with Crippen LogP contribution >= 0.6 is 11.3 Å². The van der Waals surface area contributed by atoms with Gasteiger partial charge in [0, 0.05) is 22.5 Å². The second-order valence-corrected chi connectivity index (χ2v) is 8.67. The Labute approximate surface area is 194 Å². The third-order valence-corrected chi connectivity index (χ3v) is 5.88. The van der Waals surface area contributed by atoms with Gasteiger partial charge < -0.3 is 10.5 Å². The van der Waals surface area contributed by atoms with Gasteiger partial charge in [0.05, 0.1) is 11.2 Å². The highest BCUT2D eigenvalue weighted by atomic mass is 32.1. The molecule has 5 rings (SSSR count). The van der Waals surface area contributed by atoms with E-state index in [0.717, 1.165) is 15.8 Å². The molecule has 0 fully saturated rings. The quantitative estimate of drug-likeness (QED) is 0.284. The van der Waals surface area contributed by atoms with E-state index in [1.165, 1.54) is 16.0 Å². The third-order valence-electron chi connectivity index (χ3n) is 4.98. The first-order chi connectivity index (χ1) is 16.1. The van der Waals surface area contributed by atoms with Crippen LogP contribution in [0.15, 0.2) is 79.0 Å². The van der Waals surface area contributed by atoms with Crippen LogP contribution in [0.1, 0.15) is 25.9 Å². The lowest BCUT2D eigenvalue weighted by atomic mass is 10.1. The lowest BCUT2D eigenvalue weighted by Gasteiger charge is -2.09. The molecule has 0 amide bonds. The summed E-state index contributed by atoms with van der Waals surface area (Å²) < 4.78 is 7.33. The SMILES string of the molecule is Cc1cnc(C(=O)n2nc(C=Cc3ccccc3)c3ccc(Oc4cccc([NH-])c4)cc32)s1. The number of carbonyl (C=O) groups excluding carboxylic acids is 1. The van der Waals surface area contributed by atoms with Gasteiger partial charge in [-0.25, -0.2) is 4.98 Å². The van der Waals surface area contributed by atoms with Crippen molar-refractivity contribution in [3.63, 3.8) is 0 Å². The van der Waals surface area contributed by atoms with Gasteiger partial charge in [0.1, 0.15) is 11.5 Å². The zero-order chi connectivity index (χ0) is 22.8. The zero-order valence-electron chi connectivity index (χ0n) is 17.7. The molecule has 2 heterocycles. The topological polar surface area (TPSA) is 80.8 Å². The van der Waals surface area contributed by atoms with E-state index in [0.29, 0.717) is 33.4 Å². The number of hydrogen-bond acceptors (Lipinski definition) is 5. The van der Waals surface area contributed by atoms with Crippen molar-refractivity contribution >= 4 is 46.0 Å². The van der Waals surface area contributed by atoms with Gasteiger partial charge in [-0.1, -0.05) is 48.5 Å². The highest BCUT2D eigenvalue weighted by Gasteiger charge is 2.19. The lowest BCUT2D eigenvalue weighted by molar-refractivity contribution is 0.0950. The number of fused-ring (bicyclic) bond motifs is 1. The Balaban J connectivity index is 1.59. The zero-order valence-corrected chi connectivity index (χ0v) is 18.5. The van der Waals surface area contributed by atoms with Crippen LogP contribution < -0.4 is 4.74 Å². The van der Waals surface area contributed by atoms with Crippen LogP contribution in [0.3, 0.4) is 0 Å². The monoisotopic (exact) mass is 451 g/mol. The van der Waals surface area contributed by atoms with Crippen LogP contribution in [0.5, 0.6) is 11.5 Å². The van der Waals surface area contributed by atoms with Crippen molar-refractivity contribution in [2.45, 2.75) is 6.92 Å². The minimum Gasteiger partial charge on any atom is -0.699 e. The minimum atomic E-state index is -0.289. The number of ether oxygens (including phenoxy) is 1. The predicted octanol–water partition coefficient (Wildman–Crippen LogP) is 7.14. The van der Waals surface area contributed by atoms with Gasteiger partial charge >= 0.3 is 5.91 Å². The fourth-order valence-corrected chi connectivity index (χ4v) is 4.13. The molecular weight excluding hydrogens is 432 g/mol. The van der Waals surface area contributed by atoms with E-state index in [2.05, 4.69) is 10.1 Å². The first kappa shape index (κ1) is 20.7. The number of thiazole rings is 1. The van der Waals surface area contributed by atoms with Crippen LogP contribution in [0.2, 0.25) is 0 Å². The number of hydrogen-bond donors (Lipinski definition) is 0. The van der Waals surface area contributed by atoms with Crippen molar-refractivity contribution in [3.8, 4) is 11.5 Å². The van der Waals surface area contributed by atoms with Crippen molar-refractivity contribution < 1.29 is 9.53 Å². The molecule has 162 valence electrons. The Kier molecular flexibility index (Phi) is 5.46. The van der Waals surface area contributed by atoms with E-state index in [1.807, 2.05) is 61.5 Å². The number of nitrogens with one attached hydrogen (secondary N) is 1. The summed E-state index contributed by atoms with van der Waals surface area (Å²) in [5.74, 6) is 0.817. The number of rotatable bonds is 5. The smallest absolute Gasteiger partial charge is 0.307 e. The predicted molar refractivity (Wildman–Crippen MR) is 132 cm³/mol. The van der Waals surface area contributed by atoms with Crippen LogP contribution in [-0.2, 0) is 0 Å². The van der Waals surface area contributed by atoms with Crippen molar-refractivity contribution in [1.82, 2.24) is 14.8 Å². The number of aryl methyl sites for hydroxylation is 1. The van der Waals surface area contributed by atoms with Gasteiger partial charge in [-0.3, -0.25) is 4.79 Å². The van der Waals surface area contributed by atoms with E-state index < -0.39 is 0 Å². The van der Waals surface area contributed by atoms with Gasteiger partial charge in [0.2, 0.25) is 0 Å². The molecule has 0 aliphatic heterocycles. The molecule has 0 saturated heterocycles. The summed E-state index contributed by atoms with van der Waals surface area (Å²) in [6, 6.07) is 22.3. The molecule has 0 bridgehead atoms. The van der Waals surface area contributed by atoms with Crippen LogP contribution in [-0.4, -0.2) is 20.7 Å². The molecule has 1 N–H and O–H groups in total. The standard InChI is InChI=1S/C26H19N4O2S/c1-17-16-28-25(33-17)26(31)30-24-15-21(32-20-9-5-8-19(27)14-20)11-12-22(24)23(29-30)13-10-18-6-3-2-4-7-18/h2-16,27H,1H3/q-1. The molecule has 5 aromatic rings. The molecule has 3 aromatic carbocycles. The molecule has 0 atom stereocenters. The molecule has 0 radical (unpaired) electrons. The number of aromatic nitrogens is 3. The van der Waals surface area contributed by atoms with Crippen molar-refractivity contribution in [1.29, 1.82) is 0 Å². The average molecular weight is 452 g/mol. The Morgan fingerprint density at radius 2 is 1.82 bits per heavy atom. The van der Waals surface area contributed by atoms with Crippen LogP contribution in [0, 0.1) is 6.92 Å². The second-order valence-electron chi connectivity index (χ2n) is 7.43.